The molecule has 0 aromatic heterocycles. The predicted molar refractivity (Wildman–Crippen MR) is 59.7 cm³/mol. The van der Waals surface area contributed by atoms with Crippen LogP contribution in [-0.2, 0) is 16.5 Å². The first-order valence-corrected chi connectivity index (χ1v) is 6.23. The number of benzene rings is 1. The predicted octanol–water partition coefficient (Wildman–Crippen LogP) is 1.78. The third kappa shape index (κ3) is 3.83. The second kappa shape index (κ2) is 5.66. The summed E-state index contributed by atoms with van der Waals surface area (Å²) in [5, 5.41) is 0. The van der Waals surface area contributed by atoms with Crippen LogP contribution in [0.3, 0.4) is 0 Å². The summed E-state index contributed by atoms with van der Waals surface area (Å²) in [6.45, 7) is 1.95. The van der Waals surface area contributed by atoms with Crippen LogP contribution in [0.4, 0.5) is 0 Å². The van der Waals surface area contributed by atoms with Crippen LogP contribution < -0.4 is 0 Å². The van der Waals surface area contributed by atoms with Crippen LogP contribution in [0.25, 0.3) is 0 Å². The Morgan fingerprint density at radius 3 is 2.27 bits per heavy atom. The lowest BCUT2D eigenvalue weighted by molar-refractivity contribution is 0.0982. The summed E-state index contributed by atoms with van der Waals surface area (Å²) >= 11 is 0. The molecule has 82 valence electrons. The summed E-state index contributed by atoms with van der Waals surface area (Å²) in [5.41, 5.74) is 1.38. The van der Waals surface area contributed by atoms with Gasteiger partial charge in [0.15, 0.2) is 5.78 Å². The van der Waals surface area contributed by atoms with Crippen molar-refractivity contribution in [2.45, 2.75) is 25.5 Å². The average Bonchev–Trinajstić information content (AvgIpc) is 2.18. The highest BCUT2D eigenvalue weighted by Crippen LogP contribution is 2.08. The van der Waals surface area contributed by atoms with Gasteiger partial charge >= 0.3 is 0 Å². The van der Waals surface area contributed by atoms with Gasteiger partial charge in [0.25, 0.3) is 0 Å². The van der Waals surface area contributed by atoms with Gasteiger partial charge in [-0.15, -0.1) is 0 Å². The Hall–Kier alpha value is -1.16. The maximum absolute atomic E-state index is 11.5. The number of thiol groups is 1. The molecule has 0 spiro atoms. The van der Waals surface area contributed by atoms with Crippen molar-refractivity contribution in [1.29, 1.82) is 0 Å². The molecule has 0 radical (unpaired) electrons. The van der Waals surface area contributed by atoms with E-state index >= 15 is 0 Å². The van der Waals surface area contributed by atoms with Crippen molar-refractivity contribution in [2.24, 2.45) is 0 Å². The van der Waals surface area contributed by atoms with Crippen LogP contribution in [0.1, 0.15) is 35.7 Å². The molecule has 1 rings (SSSR count). The lowest BCUT2D eigenvalue weighted by Crippen LogP contribution is -1.98. The molecule has 0 aliphatic carbocycles. The van der Waals surface area contributed by atoms with Gasteiger partial charge in [0.1, 0.15) is 10.7 Å². The molecule has 0 bridgehead atoms. The van der Waals surface area contributed by atoms with Gasteiger partial charge in [-0.25, -0.2) is 8.42 Å². The van der Waals surface area contributed by atoms with Crippen LogP contribution in [-0.4, -0.2) is 14.2 Å². The minimum atomic E-state index is -2.39. The first-order valence-electron chi connectivity index (χ1n) is 4.87. The number of hydrogen-bond acceptors (Lipinski definition) is 3. The van der Waals surface area contributed by atoms with Gasteiger partial charge in [-0.1, -0.05) is 31.2 Å². The topological polar surface area (TPSA) is 51.2 Å². The lowest BCUT2D eigenvalue weighted by atomic mass is 10.1. The molecular weight excluding hydrogens is 212 g/mol. The molecular formula is C11H14O3S. The van der Waals surface area contributed by atoms with Crippen LogP contribution >= 0.6 is 0 Å². The standard InChI is InChI=1S/C11H14O3S/c1-2-3-11(12)10-6-4-9(5-7-10)8-15(13)14/h4-7,15H,2-3,8H2,1H3. The van der Waals surface area contributed by atoms with Crippen molar-refractivity contribution >= 4 is 16.5 Å². The van der Waals surface area contributed by atoms with E-state index in [2.05, 4.69) is 0 Å². The van der Waals surface area contributed by atoms with Gasteiger partial charge in [0.2, 0.25) is 0 Å². The molecule has 1 aromatic rings. The van der Waals surface area contributed by atoms with Gasteiger partial charge in [0.05, 0.1) is 5.75 Å². The maximum atomic E-state index is 11.5. The fraction of sp³-hybridized carbons (Fsp3) is 0.364. The molecule has 0 fully saturated rings. The molecule has 0 aliphatic heterocycles. The minimum Gasteiger partial charge on any atom is -0.294 e. The van der Waals surface area contributed by atoms with Gasteiger partial charge < -0.3 is 0 Å². The van der Waals surface area contributed by atoms with Crippen molar-refractivity contribution in [2.75, 3.05) is 0 Å². The van der Waals surface area contributed by atoms with Gasteiger partial charge in [0, 0.05) is 12.0 Å². The summed E-state index contributed by atoms with van der Waals surface area (Å²) in [6.07, 6.45) is 1.36. The summed E-state index contributed by atoms with van der Waals surface area (Å²) in [4.78, 5) is 11.5. The number of carbonyl (C=O) groups excluding carboxylic acids is 1. The molecule has 4 heteroatoms. The van der Waals surface area contributed by atoms with Crippen molar-refractivity contribution in [1.82, 2.24) is 0 Å². The summed E-state index contributed by atoms with van der Waals surface area (Å²) in [6, 6.07) is 6.75. The Morgan fingerprint density at radius 2 is 1.80 bits per heavy atom. The van der Waals surface area contributed by atoms with Crippen LogP contribution in [0.5, 0.6) is 0 Å². The minimum absolute atomic E-state index is 0.0393. The van der Waals surface area contributed by atoms with E-state index in [1.807, 2.05) is 6.92 Å². The zero-order valence-electron chi connectivity index (χ0n) is 8.60. The third-order valence-electron chi connectivity index (χ3n) is 2.06. The molecule has 0 atom stereocenters. The second-order valence-corrected chi connectivity index (χ2v) is 4.34. The van der Waals surface area contributed by atoms with E-state index in [4.69, 9.17) is 0 Å². The first-order chi connectivity index (χ1) is 7.13. The SMILES string of the molecule is CCCC(=O)c1ccc(C[SH](=O)=O)cc1. The number of rotatable bonds is 5. The fourth-order valence-electron chi connectivity index (χ4n) is 1.32. The summed E-state index contributed by atoms with van der Waals surface area (Å²) in [5.74, 6) is 0.146. The van der Waals surface area contributed by atoms with Crippen molar-refractivity contribution in [3.05, 3.63) is 35.4 Å². The number of ketones is 1. The zero-order valence-corrected chi connectivity index (χ0v) is 9.50. The number of Topliss-reactive ketones (excluding diaryl/α,β-unsaturated/α-hetero) is 1. The van der Waals surface area contributed by atoms with Gasteiger partial charge in [-0.2, -0.15) is 0 Å². The number of hydrogen-bond donors (Lipinski definition) is 1. The zero-order chi connectivity index (χ0) is 11.3. The van der Waals surface area contributed by atoms with E-state index in [9.17, 15) is 13.2 Å². The quantitative estimate of drug-likeness (QED) is 0.615. The number of carbonyl (C=O) groups is 1. The van der Waals surface area contributed by atoms with E-state index in [0.29, 0.717) is 12.0 Å². The van der Waals surface area contributed by atoms with Crippen molar-refractivity contribution in [3.8, 4) is 0 Å². The summed E-state index contributed by atoms with van der Waals surface area (Å²) < 4.78 is 20.9. The van der Waals surface area contributed by atoms with Gasteiger partial charge in [-0.05, 0) is 12.0 Å². The Bertz CT molecular complexity index is 396. The van der Waals surface area contributed by atoms with Crippen molar-refractivity contribution in [3.63, 3.8) is 0 Å². The molecule has 0 unspecified atom stereocenters. The molecule has 0 aliphatic rings. The van der Waals surface area contributed by atoms with Crippen LogP contribution in [0, 0.1) is 0 Å². The molecule has 0 N–H and O–H groups in total. The Kier molecular flexibility index (Phi) is 4.49. The molecule has 0 saturated heterocycles. The highest BCUT2D eigenvalue weighted by atomic mass is 32.2. The second-order valence-electron chi connectivity index (χ2n) is 3.36. The molecule has 0 saturated carbocycles. The van der Waals surface area contributed by atoms with E-state index in [1.165, 1.54) is 0 Å². The maximum Gasteiger partial charge on any atom is 0.162 e. The van der Waals surface area contributed by atoms with E-state index < -0.39 is 10.7 Å². The van der Waals surface area contributed by atoms with E-state index in [0.717, 1.165) is 12.0 Å². The molecule has 15 heavy (non-hydrogen) atoms. The average molecular weight is 226 g/mol. The first kappa shape index (κ1) is 11.9. The molecule has 0 amide bonds. The highest BCUT2D eigenvalue weighted by molar-refractivity contribution is 7.71. The Balaban J connectivity index is 2.76. The van der Waals surface area contributed by atoms with E-state index in [1.54, 1.807) is 24.3 Å². The Morgan fingerprint density at radius 1 is 1.20 bits per heavy atom. The normalized spacial score (nSPS) is 10.5. The van der Waals surface area contributed by atoms with Gasteiger partial charge in [-0.3, -0.25) is 4.79 Å². The van der Waals surface area contributed by atoms with Crippen LogP contribution in [0.2, 0.25) is 0 Å². The van der Waals surface area contributed by atoms with Crippen LogP contribution in [0.15, 0.2) is 24.3 Å². The lowest BCUT2D eigenvalue weighted by Gasteiger charge is -2.00. The van der Waals surface area contributed by atoms with Crippen molar-refractivity contribution < 1.29 is 13.2 Å². The third-order valence-corrected chi connectivity index (χ3v) is 2.69. The molecule has 1 aromatic carbocycles. The summed E-state index contributed by atoms with van der Waals surface area (Å²) in [7, 11) is -2.39. The Labute approximate surface area is 91.1 Å². The molecule has 3 nitrogen and oxygen atoms in total. The van der Waals surface area contributed by atoms with E-state index in [-0.39, 0.29) is 11.5 Å². The largest absolute Gasteiger partial charge is 0.294 e. The molecule has 0 heterocycles. The smallest absolute Gasteiger partial charge is 0.162 e. The highest BCUT2D eigenvalue weighted by Gasteiger charge is 2.03. The monoisotopic (exact) mass is 226 g/mol. The fourth-order valence-corrected chi connectivity index (χ4v) is 1.83.